The van der Waals surface area contributed by atoms with Crippen LogP contribution in [0.3, 0.4) is 0 Å². The van der Waals surface area contributed by atoms with E-state index in [-0.39, 0.29) is 6.10 Å². The molecule has 1 atom stereocenters. The van der Waals surface area contributed by atoms with E-state index in [4.69, 9.17) is 0 Å². The van der Waals surface area contributed by atoms with Gasteiger partial charge in [-0.05, 0) is 6.42 Å². The summed E-state index contributed by atoms with van der Waals surface area (Å²) in [6, 6.07) is 0. The molecular weight excluding hydrogens is 156 g/mol. The number of hydrogen-bond acceptors (Lipinski definition) is 5. The van der Waals surface area contributed by atoms with Gasteiger partial charge in [-0.15, -0.1) is 0 Å². The molecule has 0 spiro atoms. The van der Waals surface area contributed by atoms with Crippen molar-refractivity contribution in [3.8, 4) is 0 Å². The van der Waals surface area contributed by atoms with Crippen LogP contribution in [0.4, 0.5) is 0 Å². The van der Waals surface area contributed by atoms with Crippen LogP contribution in [-0.2, 0) is 0 Å². The molecule has 1 unspecified atom stereocenters. The van der Waals surface area contributed by atoms with Gasteiger partial charge in [0.15, 0.2) is 0 Å². The fourth-order valence-electron chi connectivity index (χ4n) is 0.813. The Morgan fingerprint density at radius 2 is 1.92 bits per heavy atom. The molecule has 0 saturated heterocycles. The molecule has 0 aromatic heterocycles. The normalized spacial score (nSPS) is 14.2. The lowest BCUT2D eigenvalue weighted by molar-refractivity contribution is -0.0980. The molecule has 74 valence electrons. The Labute approximate surface area is 74.3 Å². The van der Waals surface area contributed by atoms with Crippen molar-refractivity contribution in [2.24, 2.45) is 0 Å². The van der Waals surface area contributed by atoms with Crippen molar-refractivity contribution < 1.29 is 5.11 Å². The Morgan fingerprint density at radius 1 is 1.33 bits per heavy atom. The van der Waals surface area contributed by atoms with Gasteiger partial charge >= 0.3 is 0 Å². The molecule has 0 heterocycles. The Morgan fingerprint density at radius 3 is 2.25 bits per heavy atom. The molecule has 0 amide bonds. The zero-order valence-electron chi connectivity index (χ0n) is 8.33. The first kappa shape index (κ1) is 11.8. The van der Waals surface area contributed by atoms with E-state index in [1.54, 1.807) is 10.2 Å². The SMILES string of the molecule is CCC(O)CN(NC)N(C)NC. The topological polar surface area (TPSA) is 50.8 Å². The van der Waals surface area contributed by atoms with Crippen molar-refractivity contribution in [2.45, 2.75) is 19.4 Å². The van der Waals surface area contributed by atoms with E-state index in [2.05, 4.69) is 10.9 Å². The highest BCUT2D eigenvalue weighted by Crippen LogP contribution is 1.93. The van der Waals surface area contributed by atoms with E-state index >= 15 is 0 Å². The van der Waals surface area contributed by atoms with Crippen LogP contribution >= 0.6 is 0 Å². The van der Waals surface area contributed by atoms with Crippen LogP contribution in [0.25, 0.3) is 0 Å². The average Bonchev–Trinajstić information content (AvgIpc) is 2.12. The summed E-state index contributed by atoms with van der Waals surface area (Å²) < 4.78 is 0. The van der Waals surface area contributed by atoms with Gasteiger partial charge < -0.3 is 5.11 Å². The van der Waals surface area contributed by atoms with Gasteiger partial charge in [0.2, 0.25) is 0 Å². The van der Waals surface area contributed by atoms with E-state index in [0.717, 1.165) is 6.42 Å². The maximum atomic E-state index is 9.37. The van der Waals surface area contributed by atoms with Crippen LogP contribution in [0.2, 0.25) is 0 Å². The van der Waals surface area contributed by atoms with Crippen molar-refractivity contribution in [1.29, 1.82) is 0 Å². The summed E-state index contributed by atoms with van der Waals surface area (Å²) in [5.74, 6) is 0. The molecule has 0 rings (SSSR count). The van der Waals surface area contributed by atoms with Gasteiger partial charge in [0.05, 0.1) is 12.6 Å². The largest absolute Gasteiger partial charge is 0.392 e. The van der Waals surface area contributed by atoms with E-state index in [9.17, 15) is 5.11 Å². The van der Waals surface area contributed by atoms with Crippen molar-refractivity contribution in [3.05, 3.63) is 0 Å². The fourth-order valence-corrected chi connectivity index (χ4v) is 0.813. The van der Waals surface area contributed by atoms with Crippen LogP contribution in [-0.4, -0.2) is 49.1 Å². The summed E-state index contributed by atoms with van der Waals surface area (Å²) in [6.07, 6.45) is 0.462. The lowest BCUT2D eigenvalue weighted by atomic mass is 10.3. The van der Waals surface area contributed by atoms with Crippen LogP contribution < -0.4 is 10.9 Å². The minimum absolute atomic E-state index is 0.298. The molecule has 5 nitrogen and oxygen atoms in total. The van der Waals surface area contributed by atoms with Crippen LogP contribution in [0.15, 0.2) is 0 Å². The second-order valence-corrected chi connectivity index (χ2v) is 2.62. The molecular formula is C7H20N4O. The Balaban J connectivity index is 3.81. The first-order valence-electron chi connectivity index (χ1n) is 4.19. The first-order chi connectivity index (χ1) is 5.65. The summed E-state index contributed by atoms with van der Waals surface area (Å²) >= 11 is 0. The maximum absolute atomic E-state index is 9.37. The number of hydrogen-bond donors (Lipinski definition) is 3. The highest BCUT2D eigenvalue weighted by molar-refractivity contribution is 4.54. The lowest BCUT2D eigenvalue weighted by Crippen LogP contribution is -2.55. The van der Waals surface area contributed by atoms with Crippen LogP contribution in [0.5, 0.6) is 0 Å². The number of nitrogens with one attached hydrogen (secondary N) is 2. The van der Waals surface area contributed by atoms with Crippen molar-refractivity contribution in [2.75, 3.05) is 27.7 Å². The van der Waals surface area contributed by atoms with Crippen LogP contribution in [0.1, 0.15) is 13.3 Å². The maximum Gasteiger partial charge on any atom is 0.0693 e. The second kappa shape index (κ2) is 6.33. The quantitative estimate of drug-likeness (QED) is 0.461. The summed E-state index contributed by atoms with van der Waals surface area (Å²) in [7, 11) is 5.51. The lowest BCUT2D eigenvalue weighted by Gasteiger charge is -2.31. The molecule has 0 aliphatic rings. The summed E-state index contributed by atoms with van der Waals surface area (Å²) in [5, 5.41) is 12.9. The summed E-state index contributed by atoms with van der Waals surface area (Å²) in [5.41, 5.74) is 5.89. The highest BCUT2D eigenvalue weighted by Gasteiger charge is 2.11. The molecule has 0 radical (unpaired) electrons. The first-order valence-corrected chi connectivity index (χ1v) is 4.19. The van der Waals surface area contributed by atoms with E-state index in [1.807, 2.05) is 28.1 Å². The van der Waals surface area contributed by atoms with E-state index in [0.29, 0.717) is 6.54 Å². The monoisotopic (exact) mass is 176 g/mol. The number of aliphatic hydroxyl groups is 1. The number of aliphatic hydroxyl groups excluding tert-OH is 1. The van der Waals surface area contributed by atoms with Gasteiger partial charge in [0.25, 0.3) is 0 Å². The minimum atomic E-state index is -0.298. The molecule has 3 N–H and O–H groups in total. The van der Waals surface area contributed by atoms with Gasteiger partial charge in [0.1, 0.15) is 0 Å². The van der Waals surface area contributed by atoms with Gasteiger partial charge in [0, 0.05) is 21.1 Å². The fraction of sp³-hybridized carbons (Fsp3) is 1.00. The van der Waals surface area contributed by atoms with Gasteiger partial charge in [-0.3, -0.25) is 0 Å². The minimum Gasteiger partial charge on any atom is -0.392 e. The zero-order chi connectivity index (χ0) is 9.56. The average molecular weight is 176 g/mol. The highest BCUT2D eigenvalue weighted by atomic mass is 16.3. The van der Waals surface area contributed by atoms with Crippen molar-refractivity contribution in [3.63, 3.8) is 0 Å². The van der Waals surface area contributed by atoms with Gasteiger partial charge in [-0.25, -0.2) is 10.9 Å². The third-order valence-corrected chi connectivity index (χ3v) is 1.80. The van der Waals surface area contributed by atoms with Crippen molar-refractivity contribution in [1.82, 2.24) is 21.1 Å². The smallest absolute Gasteiger partial charge is 0.0693 e. The molecule has 0 saturated carbocycles. The molecule has 0 aliphatic carbocycles. The van der Waals surface area contributed by atoms with Gasteiger partial charge in [-0.1, -0.05) is 6.92 Å². The predicted octanol–water partition coefficient (Wildman–Crippen LogP) is -0.825. The number of nitrogens with zero attached hydrogens (tertiary/aromatic N) is 2. The molecule has 0 bridgehead atoms. The van der Waals surface area contributed by atoms with Crippen molar-refractivity contribution >= 4 is 0 Å². The Kier molecular flexibility index (Phi) is 6.23. The third-order valence-electron chi connectivity index (χ3n) is 1.80. The molecule has 0 aliphatic heterocycles. The molecule has 0 fully saturated rings. The Bertz CT molecular complexity index is 112. The molecule has 12 heavy (non-hydrogen) atoms. The standard InChI is InChI=1S/C7H20N4O/c1-5-7(12)6-11(9-3)10(4)8-2/h7-9,12H,5-6H2,1-4H3. The molecule has 0 aromatic rings. The van der Waals surface area contributed by atoms with Crippen LogP contribution in [0, 0.1) is 0 Å². The predicted molar refractivity (Wildman–Crippen MR) is 48.9 cm³/mol. The second-order valence-electron chi connectivity index (χ2n) is 2.62. The number of hydrazine groups is 3. The van der Waals surface area contributed by atoms with E-state index < -0.39 is 0 Å². The third kappa shape index (κ3) is 3.99. The number of rotatable bonds is 6. The zero-order valence-corrected chi connectivity index (χ0v) is 8.33. The Hall–Kier alpha value is -0.200. The summed E-state index contributed by atoms with van der Waals surface area (Å²) in [4.78, 5) is 0. The van der Waals surface area contributed by atoms with E-state index in [1.165, 1.54) is 0 Å². The summed E-state index contributed by atoms with van der Waals surface area (Å²) in [6.45, 7) is 2.53. The van der Waals surface area contributed by atoms with Gasteiger partial charge in [-0.2, -0.15) is 10.2 Å². The molecule has 0 aromatic carbocycles. The molecule has 5 heteroatoms.